The lowest BCUT2D eigenvalue weighted by molar-refractivity contribution is -0.115. The molecule has 10 heavy (non-hydrogen) atoms. The molecule has 0 aromatic carbocycles. The maximum absolute atomic E-state index is 10.3. The number of unbranched alkanes of at least 4 members (excludes halogenated alkanes) is 2. The van der Waals surface area contributed by atoms with E-state index in [1.807, 2.05) is 0 Å². The van der Waals surface area contributed by atoms with Crippen molar-refractivity contribution in [2.24, 2.45) is 0 Å². The molecule has 0 aliphatic heterocycles. The molecule has 0 saturated heterocycles. The number of nitriles is 1. The summed E-state index contributed by atoms with van der Waals surface area (Å²) in [5.74, 6) is -0.531. The van der Waals surface area contributed by atoms with Crippen molar-refractivity contribution >= 4 is 5.91 Å². The van der Waals surface area contributed by atoms with Crippen LogP contribution in [-0.2, 0) is 4.79 Å². The van der Waals surface area contributed by atoms with Gasteiger partial charge in [0.1, 0.15) is 0 Å². The Morgan fingerprint density at radius 1 is 1.60 bits per heavy atom. The summed E-state index contributed by atoms with van der Waals surface area (Å²) in [7, 11) is 0. The summed E-state index contributed by atoms with van der Waals surface area (Å²) in [5.41, 5.74) is 0. The molecule has 56 valence electrons. The molecule has 1 N–H and O–H groups in total. The third-order valence-electron chi connectivity index (χ3n) is 1.17. The van der Waals surface area contributed by atoms with Crippen molar-refractivity contribution in [2.75, 3.05) is 6.54 Å². The van der Waals surface area contributed by atoms with E-state index in [1.165, 1.54) is 6.07 Å². The van der Waals surface area contributed by atoms with E-state index < -0.39 is 5.91 Å². The highest BCUT2D eigenvalue weighted by atomic mass is 16.1. The minimum absolute atomic E-state index is 0.531. The summed E-state index contributed by atoms with van der Waals surface area (Å²) in [6, 6.07) is 1.49. The van der Waals surface area contributed by atoms with E-state index in [0.717, 1.165) is 19.3 Å². The van der Waals surface area contributed by atoms with Crippen LogP contribution in [0.25, 0.3) is 0 Å². The first-order chi connectivity index (χ1) is 4.81. The van der Waals surface area contributed by atoms with Gasteiger partial charge in [0.2, 0.25) is 0 Å². The Labute approximate surface area is 61.0 Å². The minimum atomic E-state index is -0.531. The number of nitrogens with zero attached hydrogens (tertiary/aromatic N) is 1. The average Bonchev–Trinajstić information content (AvgIpc) is 1.98. The molecule has 3 heteroatoms. The molecule has 0 fully saturated rings. The predicted octanol–water partition coefficient (Wildman–Crippen LogP) is 0.816. The third-order valence-corrected chi connectivity index (χ3v) is 1.17. The van der Waals surface area contributed by atoms with Gasteiger partial charge in [0.25, 0.3) is 0 Å². The maximum atomic E-state index is 10.3. The van der Waals surface area contributed by atoms with Gasteiger partial charge < -0.3 is 5.32 Å². The fourth-order valence-electron chi connectivity index (χ4n) is 0.616. The number of nitrogens with one attached hydrogen (secondary N) is 1. The van der Waals surface area contributed by atoms with Crippen LogP contribution in [0.4, 0.5) is 0 Å². The fraction of sp³-hybridized carbons (Fsp3) is 0.714. The predicted molar refractivity (Wildman–Crippen MR) is 38.1 cm³/mol. The van der Waals surface area contributed by atoms with Crippen LogP contribution in [0.3, 0.4) is 0 Å². The first-order valence-corrected chi connectivity index (χ1v) is 3.49. The minimum Gasteiger partial charge on any atom is -0.344 e. The van der Waals surface area contributed by atoms with Crippen molar-refractivity contribution < 1.29 is 4.79 Å². The van der Waals surface area contributed by atoms with Gasteiger partial charge in [0.05, 0.1) is 0 Å². The zero-order chi connectivity index (χ0) is 7.82. The van der Waals surface area contributed by atoms with Crippen LogP contribution in [0.1, 0.15) is 26.2 Å². The lowest BCUT2D eigenvalue weighted by Crippen LogP contribution is -2.22. The molecule has 0 spiro atoms. The molecule has 1 amide bonds. The highest BCUT2D eigenvalue weighted by Gasteiger charge is 1.93. The van der Waals surface area contributed by atoms with E-state index in [2.05, 4.69) is 12.2 Å². The van der Waals surface area contributed by atoms with Gasteiger partial charge in [-0.15, -0.1) is 0 Å². The largest absolute Gasteiger partial charge is 0.344 e. The molecular weight excluding hydrogens is 128 g/mol. The van der Waals surface area contributed by atoms with Gasteiger partial charge in [-0.25, -0.2) is 0 Å². The SMILES string of the molecule is CCCCCNC(=O)C#N. The highest BCUT2D eigenvalue weighted by Crippen LogP contribution is 1.90. The second-order valence-electron chi connectivity index (χ2n) is 2.07. The smallest absolute Gasteiger partial charge is 0.322 e. The quantitative estimate of drug-likeness (QED) is 0.464. The number of rotatable bonds is 4. The number of hydrogen-bond donors (Lipinski definition) is 1. The zero-order valence-electron chi connectivity index (χ0n) is 6.18. The summed E-state index contributed by atoms with van der Waals surface area (Å²) >= 11 is 0. The summed E-state index contributed by atoms with van der Waals surface area (Å²) < 4.78 is 0. The Kier molecular flexibility index (Phi) is 5.45. The van der Waals surface area contributed by atoms with Crippen LogP contribution >= 0.6 is 0 Å². The lowest BCUT2D eigenvalue weighted by Gasteiger charge is -1.96. The molecule has 0 atom stereocenters. The average molecular weight is 140 g/mol. The molecule has 0 heterocycles. The first kappa shape index (κ1) is 8.96. The van der Waals surface area contributed by atoms with E-state index in [9.17, 15) is 4.79 Å². The number of carbonyl (C=O) groups is 1. The van der Waals surface area contributed by atoms with E-state index in [4.69, 9.17) is 5.26 Å². The fourth-order valence-corrected chi connectivity index (χ4v) is 0.616. The Bertz CT molecular complexity index is 137. The van der Waals surface area contributed by atoms with Crippen LogP contribution in [0.5, 0.6) is 0 Å². The number of amides is 1. The highest BCUT2D eigenvalue weighted by molar-refractivity contribution is 5.91. The van der Waals surface area contributed by atoms with Crippen molar-refractivity contribution in [3.8, 4) is 6.07 Å². The van der Waals surface area contributed by atoms with Gasteiger partial charge in [-0.05, 0) is 6.42 Å². The van der Waals surface area contributed by atoms with Gasteiger partial charge in [-0.1, -0.05) is 19.8 Å². The van der Waals surface area contributed by atoms with E-state index >= 15 is 0 Å². The molecule has 0 aliphatic rings. The standard InChI is InChI=1S/C7H12N2O/c1-2-3-4-5-9-7(10)6-8/h2-5H2,1H3,(H,9,10). The van der Waals surface area contributed by atoms with Crippen molar-refractivity contribution in [1.29, 1.82) is 5.26 Å². The number of hydrogen-bond acceptors (Lipinski definition) is 2. The zero-order valence-corrected chi connectivity index (χ0v) is 6.18. The molecular formula is C7H12N2O. The second kappa shape index (κ2) is 6.09. The molecule has 0 aromatic rings. The van der Waals surface area contributed by atoms with Crippen molar-refractivity contribution in [1.82, 2.24) is 5.32 Å². The topological polar surface area (TPSA) is 52.9 Å². The van der Waals surface area contributed by atoms with Gasteiger partial charge in [0, 0.05) is 6.54 Å². The Morgan fingerprint density at radius 2 is 2.30 bits per heavy atom. The van der Waals surface area contributed by atoms with Gasteiger partial charge >= 0.3 is 5.91 Å². The molecule has 0 aromatic heterocycles. The molecule has 3 nitrogen and oxygen atoms in total. The summed E-state index contributed by atoms with van der Waals surface area (Å²) in [5, 5.41) is 10.5. The van der Waals surface area contributed by atoms with E-state index in [0.29, 0.717) is 6.54 Å². The van der Waals surface area contributed by atoms with Crippen LogP contribution in [0.15, 0.2) is 0 Å². The van der Waals surface area contributed by atoms with Crippen LogP contribution in [0, 0.1) is 11.3 Å². The van der Waals surface area contributed by atoms with Crippen molar-refractivity contribution in [3.05, 3.63) is 0 Å². The van der Waals surface area contributed by atoms with Crippen LogP contribution in [-0.4, -0.2) is 12.5 Å². The van der Waals surface area contributed by atoms with Gasteiger partial charge in [-0.2, -0.15) is 5.26 Å². The normalized spacial score (nSPS) is 8.40. The molecule has 0 bridgehead atoms. The van der Waals surface area contributed by atoms with E-state index in [1.54, 1.807) is 0 Å². The monoisotopic (exact) mass is 140 g/mol. The molecule has 0 radical (unpaired) electrons. The maximum Gasteiger partial charge on any atom is 0.322 e. The Hall–Kier alpha value is -1.04. The first-order valence-electron chi connectivity index (χ1n) is 3.49. The molecule has 0 unspecified atom stereocenters. The van der Waals surface area contributed by atoms with Gasteiger partial charge in [0.15, 0.2) is 6.07 Å². The summed E-state index contributed by atoms with van der Waals surface area (Å²) in [6.45, 7) is 2.71. The molecule has 0 saturated carbocycles. The van der Waals surface area contributed by atoms with Crippen molar-refractivity contribution in [3.63, 3.8) is 0 Å². The third kappa shape index (κ3) is 5.10. The Morgan fingerprint density at radius 3 is 2.80 bits per heavy atom. The van der Waals surface area contributed by atoms with Crippen LogP contribution in [0.2, 0.25) is 0 Å². The van der Waals surface area contributed by atoms with Crippen molar-refractivity contribution in [2.45, 2.75) is 26.2 Å². The lowest BCUT2D eigenvalue weighted by atomic mass is 10.2. The van der Waals surface area contributed by atoms with Gasteiger partial charge in [-0.3, -0.25) is 4.79 Å². The summed E-state index contributed by atoms with van der Waals surface area (Å²) in [4.78, 5) is 10.3. The number of carbonyl (C=O) groups excluding carboxylic acids is 1. The van der Waals surface area contributed by atoms with E-state index in [-0.39, 0.29) is 0 Å². The molecule has 0 rings (SSSR count). The summed E-state index contributed by atoms with van der Waals surface area (Å²) in [6.07, 6.45) is 3.19. The Balaban J connectivity index is 3.06. The van der Waals surface area contributed by atoms with Crippen LogP contribution < -0.4 is 5.32 Å². The second-order valence-corrected chi connectivity index (χ2v) is 2.07. The molecule has 0 aliphatic carbocycles.